The number of carbonyl (C=O) groups is 2. The first kappa shape index (κ1) is 14.0. The monoisotopic (exact) mass is 249 g/mol. The average Bonchev–Trinajstić information content (AvgIpc) is 3.09. The summed E-state index contributed by atoms with van der Waals surface area (Å²) in [6.07, 6.45) is 4.24. The van der Waals surface area contributed by atoms with Gasteiger partial charge in [0.1, 0.15) is 5.82 Å². The molecule has 0 unspecified atom stereocenters. The van der Waals surface area contributed by atoms with Crippen LogP contribution in [-0.2, 0) is 9.59 Å². The summed E-state index contributed by atoms with van der Waals surface area (Å²) in [6.45, 7) is 7.69. The van der Waals surface area contributed by atoms with Crippen LogP contribution in [0.4, 0.5) is 5.82 Å². The van der Waals surface area contributed by atoms with Crippen LogP contribution in [0.2, 0.25) is 0 Å². The number of allylic oxidation sites excluding steroid dienone is 1. The van der Waals surface area contributed by atoms with Crippen molar-refractivity contribution in [2.45, 2.75) is 26.7 Å². The smallest absolute Gasteiger partial charge is 0.229 e. The lowest BCUT2D eigenvalue weighted by atomic mass is 10.4. The van der Waals surface area contributed by atoms with Crippen molar-refractivity contribution in [1.29, 1.82) is 0 Å². The molecular weight excluding hydrogens is 230 g/mol. The van der Waals surface area contributed by atoms with Gasteiger partial charge >= 0.3 is 0 Å². The number of nitrogen functional groups attached to an aromatic ring is 1. The number of nitrogens with one attached hydrogen (secondary N) is 1. The molecular formula is C13H19N3O2. The lowest BCUT2D eigenvalue weighted by Crippen LogP contribution is -2.22. The topological polar surface area (TPSA) is 77.1 Å². The molecule has 18 heavy (non-hydrogen) atoms. The highest BCUT2D eigenvalue weighted by molar-refractivity contribution is 5.89. The Morgan fingerprint density at radius 2 is 2.22 bits per heavy atom. The molecule has 0 aliphatic heterocycles. The molecule has 5 nitrogen and oxygen atoms in total. The maximum atomic E-state index is 10.5. The van der Waals surface area contributed by atoms with Crippen LogP contribution in [0.25, 0.3) is 5.70 Å². The first-order valence-electron chi connectivity index (χ1n) is 5.80. The Bertz CT molecular complexity index is 459. The molecule has 5 heteroatoms. The maximum absolute atomic E-state index is 10.5. The van der Waals surface area contributed by atoms with Gasteiger partial charge in [0.15, 0.2) is 0 Å². The fourth-order valence-electron chi connectivity index (χ4n) is 1.40. The third kappa shape index (κ3) is 3.76. The van der Waals surface area contributed by atoms with Crippen LogP contribution in [-0.4, -0.2) is 16.9 Å². The summed E-state index contributed by atoms with van der Waals surface area (Å²) in [5.41, 5.74) is 7.76. The number of anilines is 1. The molecule has 0 spiro atoms. The van der Waals surface area contributed by atoms with E-state index < -0.39 is 0 Å². The van der Waals surface area contributed by atoms with Crippen LogP contribution < -0.4 is 11.1 Å². The molecule has 0 atom stereocenters. The lowest BCUT2D eigenvalue weighted by molar-refractivity contribution is -0.126. The molecule has 0 bridgehead atoms. The second-order valence-corrected chi connectivity index (χ2v) is 4.39. The number of imide groups is 1. The Hall–Kier alpha value is -2.04. The van der Waals surface area contributed by atoms with Crippen molar-refractivity contribution in [3.63, 3.8) is 0 Å². The first-order valence-corrected chi connectivity index (χ1v) is 5.80. The number of hydrogen-bond acceptors (Lipinski definition) is 3. The molecule has 2 rings (SSSR count). The van der Waals surface area contributed by atoms with E-state index in [9.17, 15) is 9.59 Å². The second kappa shape index (κ2) is 6.05. The zero-order valence-corrected chi connectivity index (χ0v) is 10.8. The van der Waals surface area contributed by atoms with Gasteiger partial charge < -0.3 is 10.3 Å². The van der Waals surface area contributed by atoms with Gasteiger partial charge in [-0.25, -0.2) is 0 Å². The molecule has 0 aromatic carbocycles. The van der Waals surface area contributed by atoms with Crippen LogP contribution in [0, 0.1) is 12.8 Å². The summed E-state index contributed by atoms with van der Waals surface area (Å²) in [7, 11) is 0. The van der Waals surface area contributed by atoms with E-state index in [-0.39, 0.29) is 11.8 Å². The second-order valence-electron chi connectivity index (χ2n) is 4.39. The Balaban J connectivity index is 0.000000184. The van der Waals surface area contributed by atoms with E-state index in [1.54, 1.807) is 0 Å². The first-order chi connectivity index (χ1) is 8.47. The van der Waals surface area contributed by atoms with Gasteiger partial charge in [-0.15, -0.1) is 0 Å². The minimum absolute atomic E-state index is 0.125. The normalized spacial score (nSPS) is 13.2. The fourth-order valence-corrected chi connectivity index (χ4v) is 1.40. The molecule has 0 saturated heterocycles. The van der Waals surface area contributed by atoms with Crippen LogP contribution in [0.1, 0.15) is 25.3 Å². The van der Waals surface area contributed by atoms with Crippen molar-refractivity contribution in [1.82, 2.24) is 9.88 Å². The van der Waals surface area contributed by atoms with E-state index in [1.165, 1.54) is 0 Å². The predicted octanol–water partition coefficient (Wildman–Crippen LogP) is 1.54. The highest BCUT2D eigenvalue weighted by Crippen LogP contribution is 2.28. The summed E-state index contributed by atoms with van der Waals surface area (Å²) in [4.78, 5) is 20.1. The highest BCUT2D eigenvalue weighted by atomic mass is 16.2. The van der Waals surface area contributed by atoms with E-state index in [0.29, 0.717) is 6.41 Å². The number of rotatable bonds is 3. The maximum Gasteiger partial charge on any atom is 0.229 e. The SMILES string of the molecule is C=C(C)n1ccc(C)c1N.O=CNC(=O)C1CC1. The Morgan fingerprint density at radius 3 is 2.50 bits per heavy atom. The standard InChI is InChI=1S/C8H12N2.C5H7NO2/c1-6(2)10-5-4-7(3)8(10)9;7-3-6-5(8)4-1-2-4/h4-5H,1,9H2,2-3H3;3-4H,1-2H2,(H,6,7,8). The molecule has 1 heterocycles. The third-order valence-electron chi connectivity index (χ3n) is 2.70. The molecule has 1 aromatic rings. The molecule has 98 valence electrons. The summed E-state index contributed by atoms with van der Waals surface area (Å²) in [6, 6.07) is 1.98. The van der Waals surface area contributed by atoms with Gasteiger partial charge in [-0.2, -0.15) is 0 Å². The van der Waals surface area contributed by atoms with E-state index in [4.69, 9.17) is 5.73 Å². The van der Waals surface area contributed by atoms with Crippen molar-refractivity contribution >= 4 is 23.8 Å². The molecule has 1 fully saturated rings. The van der Waals surface area contributed by atoms with E-state index in [2.05, 4.69) is 11.9 Å². The largest absolute Gasteiger partial charge is 0.385 e. The van der Waals surface area contributed by atoms with Gasteiger partial charge in [-0.3, -0.25) is 14.9 Å². The minimum Gasteiger partial charge on any atom is -0.385 e. The van der Waals surface area contributed by atoms with Crippen molar-refractivity contribution in [3.05, 3.63) is 24.4 Å². The summed E-state index contributed by atoms with van der Waals surface area (Å²) >= 11 is 0. The fraction of sp³-hybridized carbons (Fsp3) is 0.385. The van der Waals surface area contributed by atoms with Gasteiger partial charge in [-0.1, -0.05) is 6.58 Å². The van der Waals surface area contributed by atoms with Gasteiger partial charge in [0.05, 0.1) is 0 Å². The van der Waals surface area contributed by atoms with Gasteiger partial charge in [0, 0.05) is 17.8 Å². The predicted molar refractivity (Wildman–Crippen MR) is 71.5 cm³/mol. The highest BCUT2D eigenvalue weighted by Gasteiger charge is 2.28. The zero-order valence-electron chi connectivity index (χ0n) is 10.8. The Kier molecular flexibility index (Phi) is 4.71. The summed E-state index contributed by atoms with van der Waals surface area (Å²) < 4.78 is 1.87. The van der Waals surface area contributed by atoms with Gasteiger partial charge in [0.25, 0.3) is 0 Å². The van der Waals surface area contributed by atoms with Crippen LogP contribution in [0.5, 0.6) is 0 Å². The van der Waals surface area contributed by atoms with Crippen molar-refractivity contribution in [2.24, 2.45) is 5.92 Å². The summed E-state index contributed by atoms with van der Waals surface area (Å²) in [5.74, 6) is 0.799. The molecule has 1 aromatic heterocycles. The van der Waals surface area contributed by atoms with Crippen LogP contribution in [0.3, 0.4) is 0 Å². The van der Waals surface area contributed by atoms with E-state index in [1.807, 2.05) is 30.7 Å². The number of nitrogens with zero attached hydrogens (tertiary/aromatic N) is 1. The van der Waals surface area contributed by atoms with Crippen molar-refractivity contribution in [2.75, 3.05) is 5.73 Å². The van der Waals surface area contributed by atoms with Crippen molar-refractivity contribution < 1.29 is 9.59 Å². The lowest BCUT2D eigenvalue weighted by Gasteiger charge is -2.03. The molecule has 2 amide bonds. The zero-order chi connectivity index (χ0) is 13.7. The molecule has 1 aliphatic carbocycles. The van der Waals surface area contributed by atoms with Crippen LogP contribution >= 0.6 is 0 Å². The molecule has 0 radical (unpaired) electrons. The van der Waals surface area contributed by atoms with E-state index >= 15 is 0 Å². The number of nitrogens with two attached hydrogens (primary N) is 1. The Morgan fingerprint density at radius 1 is 1.61 bits per heavy atom. The Labute approximate surface area is 107 Å². The van der Waals surface area contributed by atoms with E-state index in [0.717, 1.165) is 29.9 Å². The molecule has 1 aliphatic rings. The number of aryl methyl sites for hydroxylation is 1. The number of hydrogen-bond donors (Lipinski definition) is 2. The quantitative estimate of drug-likeness (QED) is 0.798. The number of amides is 2. The summed E-state index contributed by atoms with van der Waals surface area (Å²) in [5, 5.41) is 2.09. The number of aromatic nitrogens is 1. The minimum atomic E-state index is -0.125. The number of carbonyl (C=O) groups excluding carboxylic acids is 2. The van der Waals surface area contributed by atoms with Gasteiger partial charge in [0.2, 0.25) is 12.3 Å². The van der Waals surface area contributed by atoms with Gasteiger partial charge in [-0.05, 0) is 38.3 Å². The third-order valence-corrected chi connectivity index (χ3v) is 2.70. The molecule has 3 N–H and O–H groups in total. The molecule has 1 saturated carbocycles. The van der Waals surface area contributed by atoms with Crippen LogP contribution in [0.15, 0.2) is 18.8 Å². The average molecular weight is 249 g/mol. The van der Waals surface area contributed by atoms with Crippen molar-refractivity contribution in [3.8, 4) is 0 Å².